The lowest BCUT2D eigenvalue weighted by Crippen LogP contribution is -2.51. The number of sulfonamides is 1. The molecule has 0 fully saturated rings. The summed E-state index contributed by atoms with van der Waals surface area (Å²) in [7, 11) is -4.82. The Balaban J connectivity index is 1.51. The molecule has 204 valence electrons. The van der Waals surface area contributed by atoms with E-state index in [-0.39, 0.29) is 28.0 Å². The van der Waals surface area contributed by atoms with Crippen molar-refractivity contribution in [3.63, 3.8) is 0 Å². The zero-order chi connectivity index (χ0) is 27.8. The van der Waals surface area contributed by atoms with Gasteiger partial charge in [0.2, 0.25) is 5.78 Å². The maximum Gasteiger partial charge on any atom is 0.516 e. The number of halogens is 5. The fraction of sp³-hybridized carbons (Fsp3) is 0.333. The minimum absolute atomic E-state index is 0.0442. The van der Waals surface area contributed by atoms with E-state index in [0.29, 0.717) is 17.7 Å². The van der Waals surface area contributed by atoms with Crippen LogP contribution >= 0.6 is 0 Å². The molecule has 1 aliphatic rings. The molecular weight excluding hydrogens is 541 g/mol. The predicted octanol–water partition coefficient (Wildman–Crippen LogP) is 2.39. The minimum atomic E-state index is -5.75. The van der Waals surface area contributed by atoms with Gasteiger partial charge in [0.05, 0.1) is 44.0 Å². The number of imidazole rings is 1. The Morgan fingerprint density at radius 2 is 1.95 bits per heavy atom. The van der Waals surface area contributed by atoms with E-state index >= 15 is 0 Å². The number of aryl methyl sites for hydroxylation is 1. The van der Waals surface area contributed by atoms with Crippen LogP contribution in [0.1, 0.15) is 28.7 Å². The number of benzene rings is 1. The molecule has 0 spiro atoms. The quantitative estimate of drug-likeness (QED) is 0.459. The van der Waals surface area contributed by atoms with Crippen molar-refractivity contribution in [1.82, 2.24) is 24.0 Å². The summed E-state index contributed by atoms with van der Waals surface area (Å²) in [5.41, 5.74) is -4.93. The molecule has 1 amide bonds. The van der Waals surface area contributed by atoms with Crippen molar-refractivity contribution < 1.29 is 39.9 Å². The molecule has 3 heterocycles. The van der Waals surface area contributed by atoms with Crippen molar-refractivity contribution in [3.05, 3.63) is 59.2 Å². The second-order valence-corrected chi connectivity index (χ2v) is 9.76. The number of carbonyl (C=O) groups is 1. The molecule has 17 heteroatoms. The van der Waals surface area contributed by atoms with Gasteiger partial charge in [0, 0.05) is 6.54 Å². The van der Waals surface area contributed by atoms with Gasteiger partial charge in [0.1, 0.15) is 11.5 Å². The fourth-order valence-electron chi connectivity index (χ4n) is 3.73. The number of nitrogens with one attached hydrogen (secondary N) is 1. The van der Waals surface area contributed by atoms with E-state index in [1.54, 1.807) is 6.92 Å². The molecule has 1 N–H and O–H groups in total. The summed E-state index contributed by atoms with van der Waals surface area (Å²) in [6.45, 7) is 0.548. The SMILES string of the molecule is CCc1nc2ncc(F)cn2c1C(=O)NCc1ccc(N2CCN(S(=O)(=O)C(F)(F)F)C(OC)=N2)c(F)c1. The van der Waals surface area contributed by atoms with Gasteiger partial charge in [-0.2, -0.15) is 21.6 Å². The summed E-state index contributed by atoms with van der Waals surface area (Å²) < 4.78 is 96.8. The molecule has 3 aromatic rings. The van der Waals surface area contributed by atoms with Gasteiger partial charge in [0.15, 0.2) is 5.82 Å². The van der Waals surface area contributed by atoms with Crippen LogP contribution in [0.15, 0.2) is 35.7 Å². The van der Waals surface area contributed by atoms with Crippen LogP contribution in [-0.2, 0) is 27.7 Å². The van der Waals surface area contributed by atoms with E-state index in [9.17, 15) is 35.2 Å². The van der Waals surface area contributed by atoms with Crippen LogP contribution in [0.4, 0.5) is 27.6 Å². The number of hydrogen-bond acceptors (Lipinski definition) is 8. The number of hydrazone groups is 1. The summed E-state index contributed by atoms with van der Waals surface area (Å²) >= 11 is 0. The van der Waals surface area contributed by atoms with Crippen molar-refractivity contribution in [2.45, 2.75) is 25.4 Å². The zero-order valence-electron chi connectivity index (χ0n) is 19.8. The Bertz CT molecular complexity index is 1520. The highest BCUT2D eigenvalue weighted by Crippen LogP contribution is 2.30. The van der Waals surface area contributed by atoms with Gasteiger partial charge in [-0.25, -0.2) is 23.1 Å². The number of nitrogens with zero attached hydrogens (tertiary/aromatic N) is 6. The van der Waals surface area contributed by atoms with E-state index in [1.807, 2.05) is 0 Å². The van der Waals surface area contributed by atoms with Crippen molar-refractivity contribution in [1.29, 1.82) is 0 Å². The highest BCUT2D eigenvalue weighted by molar-refractivity contribution is 7.90. The maximum absolute atomic E-state index is 14.9. The molecule has 0 saturated carbocycles. The molecule has 4 rings (SSSR count). The largest absolute Gasteiger partial charge is 0.516 e. The van der Waals surface area contributed by atoms with E-state index < -0.39 is 52.2 Å². The number of amidine groups is 1. The summed E-state index contributed by atoms with van der Waals surface area (Å²) in [6, 6.07) is 2.91. The maximum atomic E-state index is 14.9. The topological polar surface area (TPSA) is 122 Å². The lowest BCUT2D eigenvalue weighted by atomic mass is 10.1. The number of ether oxygens (including phenoxy) is 1. The van der Waals surface area contributed by atoms with E-state index in [4.69, 9.17) is 4.74 Å². The molecule has 0 saturated heterocycles. The molecule has 0 unspecified atom stereocenters. The number of fused-ring (bicyclic) bond motifs is 1. The van der Waals surface area contributed by atoms with E-state index in [2.05, 4.69) is 20.4 Å². The number of alkyl halides is 3. The number of methoxy groups -OCH3 is 1. The third kappa shape index (κ3) is 4.92. The lowest BCUT2D eigenvalue weighted by Gasteiger charge is -2.32. The monoisotopic (exact) mass is 561 g/mol. The third-order valence-electron chi connectivity index (χ3n) is 5.51. The number of anilines is 1. The number of hydrogen-bond donors (Lipinski definition) is 1. The molecule has 0 bridgehead atoms. The standard InChI is InChI=1S/C21H20F5N7O4S/c1-3-15-17(31-11-13(22)10-28-19(31)29-15)18(34)27-9-12-4-5-16(14(23)8-12)32-6-7-33(20(30-32)37-2)38(35,36)21(24,25)26/h4-5,8,10-11H,3,6-7,9H2,1-2H3,(H,27,34). The van der Waals surface area contributed by atoms with Gasteiger partial charge in [-0.05, 0) is 24.1 Å². The van der Waals surface area contributed by atoms with Crippen LogP contribution < -0.4 is 10.3 Å². The van der Waals surface area contributed by atoms with E-state index in [1.165, 1.54) is 16.5 Å². The van der Waals surface area contributed by atoms with Crippen molar-refractivity contribution in [2.24, 2.45) is 5.10 Å². The van der Waals surface area contributed by atoms with Gasteiger partial charge >= 0.3 is 21.6 Å². The fourth-order valence-corrected chi connectivity index (χ4v) is 4.62. The molecule has 38 heavy (non-hydrogen) atoms. The summed E-state index contributed by atoms with van der Waals surface area (Å²) in [4.78, 5) is 20.9. The lowest BCUT2D eigenvalue weighted by molar-refractivity contribution is -0.0477. The first-order valence-corrected chi connectivity index (χ1v) is 12.4. The predicted molar refractivity (Wildman–Crippen MR) is 123 cm³/mol. The molecule has 0 radical (unpaired) electrons. The van der Waals surface area contributed by atoms with Crippen molar-refractivity contribution in [2.75, 3.05) is 25.2 Å². The number of aromatic nitrogens is 3. The van der Waals surface area contributed by atoms with Crippen LogP contribution in [-0.4, -0.2) is 64.7 Å². The Kier molecular flexibility index (Phi) is 7.14. The molecule has 1 aromatic carbocycles. The molecular formula is C21H20F5N7O4S. The summed E-state index contributed by atoms with van der Waals surface area (Å²) in [6.07, 6.45) is 2.42. The number of carbonyl (C=O) groups excluding carboxylic acids is 1. The van der Waals surface area contributed by atoms with Crippen LogP contribution in [0, 0.1) is 11.6 Å². The first kappa shape index (κ1) is 27.0. The Labute approximate surface area is 212 Å². The van der Waals surface area contributed by atoms with Gasteiger partial charge < -0.3 is 10.1 Å². The van der Waals surface area contributed by atoms with Crippen LogP contribution in [0.2, 0.25) is 0 Å². The second-order valence-electron chi connectivity index (χ2n) is 7.90. The zero-order valence-corrected chi connectivity index (χ0v) is 20.6. The summed E-state index contributed by atoms with van der Waals surface area (Å²) in [5.74, 6) is -1.95. The van der Waals surface area contributed by atoms with Crippen molar-refractivity contribution >= 4 is 33.4 Å². The van der Waals surface area contributed by atoms with Gasteiger partial charge in [-0.15, -0.1) is 5.10 Å². The average molecular weight is 561 g/mol. The van der Waals surface area contributed by atoms with E-state index in [0.717, 1.165) is 30.6 Å². The molecule has 0 aliphatic carbocycles. The average Bonchev–Trinajstić information content (AvgIpc) is 3.24. The van der Waals surface area contributed by atoms with Gasteiger partial charge in [-0.3, -0.25) is 14.2 Å². The Hall–Kier alpha value is -4.02. The highest BCUT2D eigenvalue weighted by Gasteiger charge is 2.52. The third-order valence-corrected chi connectivity index (χ3v) is 7.02. The van der Waals surface area contributed by atoms with Crippen LogP contribution in [0.25, 0.3) is 5.78 Å². The highest BCUT2D eigenvalue weighted by atomic mass is 32.2. The van der Waals surface area contributed by atoms with Gasteiger partial charge in [0.25, 0.3) is 5.91 Å². The number of amides is 1. The minimum Gasteiger partial charge on any atom is -0.467 e. The summed E-state index contributed by atoms with van der Waals surface area (Å²) in [5, 5.41) is 7.28. The number of rotatable bonds is 6. The molecule has 0 atom stereocenters. The molecule has 2 aromatic heterocycles. The molecule has 1 aliphatic heterocycles. The normalized spacial score (nSPS) is 14.6. The smallest absolute Gasteiger partial charge is 0.467 e. The Morgan fingerprint density at radius 3 is 2.58 bits per heavy atom. The first-order valence-electron chi connectivity index (χ1n) is 11.0. The van der Waals surface area contributed by atoms with Crippen LogP contribution in [0.3, 0.4) is 0 Å². The Morgan fingerprint density at radius 1 is 1.21 bits per heavy atom. The first-order chi connectivity index (χ1) is 17.9. The molecule has 11 nitrogen and oxygen atoms in total. The van der Waals surface area contributed by atoms with Crippen LogP contribution in [0.5, 0.6) is 0 Å². The van der Waals surface area contributed by atoms with Gasteiger partial charge in [-0.1, -0.05) is 13.0 Å². The second kappa shape index (κ2) is 10.0. The van der Waals surface area contributed by atoms with Crippen molar-refractivity contribution in [3.8, 4) is 0 Å².